The summed E-state index contributed by atoms with van der Waals surface area (Å²) in [5, 5.41) is 0.552. The first-order valence-corrected chi connectivity index (χ1v) is 5.42. The second kappa shape index (κ2) is 4.45. The highest BCUT2D eigenvalue weighted by Gasteiger charge is 2.32. The number of anilines is 1. The zero-order valence-electron chi connectivity index (χ0n) is 8.80. The molecule has 1 aromatic rings. The number of rotatable bonds is 3. The van der Waals surface area contributed by atoms with Crippen molar-refractivity contribution in [3.63, 3.8) is 0 Å². The van der Waals surface area contributed by atoms with Crippen molar-refractivity contribution in [2.24, 2.45) is 0 Å². The van der Waals surface area contributed by atoms with Gasteiger partial charge in [0.2, 0.25) is 0 Å². The maximum atomic E-state index is 11.8. The number of benzene rings is 1. The highest BCUT2D eigenvalue weighted by atomic mass is 32.1. The van der Waals surface area contributed by atoms with E-state index in [-0.39, 0.29) is 5.91 Å². The van der Waals surface area contributed by atoms with Crippen molar-refractivity contribution in [3.05, 3.63) is 43.0 Å². The van der Waals surface area contributed by atoms with Crippen LogP contribution in [0.15, 0.2) is 43.0 Å². The minimum atomic E-state index is 0.0121. The normalized spacial score (nSPS) is 15.8. The summed E-state index contributed by atoms with van der Waals surface area (Å²) in [6, 6.07) is 9.45. The fraction of sp³-hybridized carbons (Fsp3) is 0.167. The molecule has 0 atom stereocenters. The van der Waals surface area contributed by atoms with Crippen LogP contribution in [-0.2, 0) is 4.79 Å². The topological polar surface area (TPSA) is 23.6 Å². The number of nitrogens with zero attached hydrogens (tertiary/aromatic N) is 2. The molecule has 0 N–H and O–H groups in total. The zero-order valence-corrected chi connectivity index (χ0v) is 9.61. The van der Waals surface area contributed by atoms with Crippen LogP contribution in [0.5, 0.6) is 0 Å². The van der Waals surface area contributed by atoms with E-state index in [4.69, 9.17) is 12.2 Å². The van der Waals surface area contributed by atoms with Gasteiger partial charge in [0, 0.05) is 6.54 Å². The van der Waals surface area contributed by atoms with E-state index in [2.05, 4.69) is 6.58 Å². The van der Waals surface area contributed by atoms with Gasteiger partial charge in [0.05, 0.1) is 5.69 Å². The van der Waals surface area contributed by atoms with E-state index in [0.717, 1.165) is 5.69 Å². The van der Waals surface area contributed by atoms with Crippen LogP contribution in [0.3, 0.4) is 0 Å². The highest BCUT2D eigenvalue weighted by molar-refractivity contribution is 7.80. The van der Waals surface area contributed by atoms with E-state index >= 15 is 0 Å². The van der Waals surface area contributed by atoms with Crippen LogP contribution in [0.2, 0.25) is 0 Å². The van der Waals surface area contributed by atoms with Gasteiger partial charge >= 0.3 is 0 Å². The van der Waals surface area contributed by atoms with E-state index in [0.29, 0.717) is 18.2 Å². The van der Waals surface area contributed by atoms with E-state index < -0.39 is 0 Å². The molecule has 1 heterocycles. The summed E-state index contributed by atoms with van der Waals surface area (Å²) in [5.41, 5.74) is 0.823. The first-order valence-electron chi connectivity index (χ1n) is 5.02. The molecule has 3 nitrogen and oxygen atoms in total. The molecule has 82 valence electrons. The molecule has 1 aliphatic rings. The van der Waals surface area contributed by atoms with E-state index in [9.17, 15) is 4.79 Å². The lowest BCUT2D eigenvalue weighted by atomic mass is 10.3. The van der Waals surface area contributed by atoms with Gasteiger partial charge in [-0.25, -0.2) is 0 Å². The molecule has 16 heavy (non-hydrogen) atoms. The average molecular weight is 232 g/mol. The largest absolute Gasteiger partial charge is 0.335 e. The second-order valence-corrected chi connectivity index (χ2v) is 3.88. The van der Waals surface area contributed by atoms with Crippen molar-refractivity contribution in [3.8, 4) is 0 Å². The molecule has 1 amide bonds. The van der Waals surface area contributed by atoms with Gasteiger partial charge in [-0.05, 0) is 24.4 Å². The number of hydrogen-bond donors (Lipinski definition) is 0. The fourth-order valence-electron chi connectivity index (χ4n) is 1.68. The molecule has 1 fully saturated rings. The third-order valence-corrected chi connectivity index (χ3v) is 2.84. The summed E-state index contributed by atoms with van der Waals surface area (Å²) >= 11 is 5.27. The van der Waals surface area contributed by atoms with Crippen LogP contribution < -0.4 is 4.90 Å². The molecule has 0 saturated carbocycles. The lowest BCUT2D eigenvalue weighted by Crippen LogP contribution is -2.32. The highest BCUT2D eigenvalue weighted by Crippen LogP contribution is 2.20. The lowest BCUT2D eigenvalue weighted by Gasteiger charge is -2.18. The minimum absolute atomic E-state index is 0.0121. The van der Waals surface area contributed by atoms with Crippen LogP contribution >= 0.6 is 12.2 Å². The van der Waals surface area contributed by atoms with Crippen molar-refractivity contribution >= 4 is 28.9 Å². The molecule has 1 saturated heterocycles. The van der Waals surface area contributed by atoms with Crippen LogP contribution in [0, 0.1) is 0 Å². The van der Waals surface area contributed by atoms with E-state index in [1.165, 1.54) is 0 Å². The predicted octanol–water partition coefficient (Wildman–Crippen LogP) is 1.81. The molecular weight excluding hydrogens is 220 g/mol. The molecule has 1 aromatic carbocycles. The fourth-order valence-corrected chi connectivity index (χ4v) is 2.03. The Balaban J connectivity index is 2.26. The Morgan fingerprint density at radius 3 is 2.69 bits per heavy atom. The van der Waals surface area contributed by atoms with Crippen molar-refractivity contribution < 1.29 is 4.79 Å². The molecule has 1 aliphatic heterocycles. The number of para-hydroxylation sites is 1. The van der Waals surface area contributed by atoms with Crippen LogP contribution in [0.25, 0.3) is 0 Å². The molecule has 0 unspecified atom stereocenters. The first-order chi connectivity index (χ1) is 7.74. The number of carbonyl (C=O) groups excluding carboxylic acids is 1. The molecule has 0 bridgehead atoms. The quantitative estimate of drug-likeness (QED) is 0.586. The Morgan fingerprint density at radius 1 is 1.38 bits per heavy atom. The maximum Gasteiger partial charge on any atom is 0.252 e. The maximum absolute atomic E-state index is 11.8. The Bertz CT molecular complexity index is 430. The third-order valence-electron chi connectivity index (χ3n) is 2.40. The van der Waals surface area contributed by atoms with Gasteiger partial charge in [0.25, 0.3) is 5.91 Å². The van der Waals surface area contributed by atoms with Gasteiger partial charge in [-0.2, -0.15) is 0 Å². The van der Waals surface area contributed by atoms with Gasteiger partial charge in [-0.15, -0.1) is 6.58 Å². The summed E-state index contributed by atoms with van der Waals surface area (Å²) in [5.74, 6) is 0.0121. The number of amides is 1. The Morgan fingerprint density at radius 2 is 2.06 bits per heavy atom. The van der Waals surface area contributed by atoms with Crippen molar-refractivity contribution in [1.29, 1.82) is 0 Å². The van der Waals surface area contributed by atoms with E-state index in [1.54, 1.807) is 11.0 Å². The first kappa shape index (κ1) is 10.8. The minimum Gasteiger partial charge on any atom is -0.335 e. The van der Waals surface area contributed by atoms with Crippen LogP contribution in [0.1, 0.15) is 0 Å². The average Bonchev–Trinajstić information content (AvgIpc) is 2.56. The van der Waals surface area contributed by atoms with Gasteiger partial charge in [-0.3, -0.25) is 9.69 Å². The summed E-state index contributed by atoms with van der Waals surface area (Å²) in [4.78, 5) is 15.2. The van der Waals surface area contributed by atoms with Gasteiger partial charge in [0.15, 0.2) is 5.11 Å². The predicted molar refractivity (Wildman–Crippen MR) is 68.3 cm³/mol. The monoisotopic (exact) mass is 232 g/mol. The molecule has 4 heteroatoms. The Labute approximate surface area is 100.0 Å². The number of thiocarbonyl (C=S) groups is 1. The van der Waals surface area contributed by atoms with Crippen LogP contribution in [0.4, 0.5) is 5.69 Å². The lowest BCUT2D eigenvalue weighted by molar-refractivity contribution is -0.116. The van der Waals surface area contributed by atoms with Gasteiger partial charge < -0.3 is 4.90 Å². The molecule has 0 spiro atoms. The summed E-state index contributed by atoms with van der Waals surface area (Å²) < 4.78 is 0. The SMILES string of the molecule is C=CCN1CC(=O)N(c2ccccc2)C1=S. The van der Waals surface area contributed by atoms with Crippen molar-refractivity contribution in [1.82, 2.24) is 4.90 Å². The smallest absolute Gasteiger partial charge is 0.252 e. The van der Waals surface area contributed by atoms with Crippen molar-refractivity contribution in [2.75, 3.05) is 18.0 Å². The van der Waals surface area contributed by atoms with Gasteiger partial charge in [-0.1, -0.05) is 24.3 Å². The Hall–Kier alpha value is -1.68. The molecular formula is C12H12N2OS. The molecule has 0 aliphatic carbocycles. The number of carbonyl (C=O) groups is 1. The standard InChI is InChI=1S/C12H12N2OS/c1-2-8-13-9-11(15)14(12(13)16)10-6-4-3-5-7-10/h2-7H,1,8-9H2. The van der Waals surface area contributed by atoms with Gasteiger partial charge in [0.1, 0.15) is 6.54 Å². The molecule has 0 aromatic heterocycles. The zero-order chi connectivity index (χ0) is 11.5. The summed E-state index contributed by atoms with van der Waals surface area (Å²) in [7, 11) is 0. The third kappa shape index (κ3) is 1.84. The summed E-state index contributed by atoms with van der Waals surface area (Å²) in [6.07, 6.45) is 1.74. The molecule has 0 radical (unpaired) electrons. The van der Waals surface area contributed by atoms with Crippen molar-refractivity contribution in [2.45, 2.75) is 0 Å². The Kier molecular flexibility index (Phi) is 3.01. The number of hydrogen-bond acceptors (Lipinski definition) is 2. The van der Waals surface area contributed by atoms with Crippen LogP contribution in [-0.4, -0.2) is 29.0 Å². The summed E-state index contributed by atoms with van der Waals surface area (Å²) in [6.45, 7) is 4.59. The van der Waals surface area contributed by atoms with E-state index in [1.807, 2.05) is 35.2 Å². The molecule has 2 rings (SSSR count). The second-order valence-electron chi connectivity index (χ2n) is 3.52.